The Kier molecular flexibility index (Phi) is 8.65. The number of nitrogens with one attached hydrogen (secondary N) is 2. The number of benzene rings is 3. The van der Waals surface area contributed by atoms with Gasteiger partial charge in [-0.25, -0.2) is 4.39 Å². The summed E-state index contributed by atoms with van der Waals surface area (Å²) in [5.74, 6) is 0.370. The van der Waals surface area contributed by atoms with Crippen LogP contribution in [-0.4, -0.2) is 41.8 Å². The maximum atomic E-state index is 13.4. The lowest BCUT2D eigenvalue weighted by Crippen LogP contribution is -2.51. The number of carbonyl (C=O) groups excluding carboxylic acids is 2. The van der Waals surface area contributed by atoms with Crippen molar-refractivity contribution in [2.45, 2.75) is 44.1 Å². The summed E-state index contributed by atoms with van der Waals surface area (Å²) in [4.78, 5) is 24.9. The second-order valence-corrected chi connectivity index (χ2v) is 8.69. The van der Waals surface area contributed by atoms with Gasteiger partial charge in [0.1, 0.15) is 23.4 Å². The fourth-order valence-corrected chi connectivity index (χ4v) is 4.11. The molecule has 1 aliphatic heterocycles. The van der Waals surface area contributed by atoms with Gasteiger partial charge in [0.2, 0.25) is 5.91 Å². The molecule has 3 aromatic rings. The lowest BCUT2D eigenvalue weighted by atomic mass is 9.96. The molecule has 0 saturated carbocycles. The summed E-state index contributed by atoms with van der Waals surface area (Å²) in [6.45, 7) is 0.0660. The van der Waals surface area contributed by atoms with Crippen LogP contribution in [0.25, 0.3) is 0 Å². The van der Waals surface area contributed by atoms with Gasteiger partial charge in [0.05, 0.1) is 25.2 Å². The van der Waals surface area contributed by atoms with Gasteiger partial charge in [-0.15, -0.1) is 0 Å². The van der Waals surface area contributed by atoms with Crippen LogP contribution in [0, 0.1) is 5.82 Å². The Bertz CT molecular complexity index is 1160. The van der Waals surface area contributed by atoms with E-state index >= 15 is 0 Å². The summed E-state index contributed by atoms with van der Waals surface area (Å²) in [5.41, 5.74) is 1.13. The van der Waals surface area contributed by atoms with E-state index in [2.05, 4.69) is 10.6 Å². The molecule has 1 heterocycles. The zero-order valence-electron chi connectivity index (χ0n) is 19.7. The van der Waals surface area contributed by atoms with Gasteiger partial charge in [0, 0.05) is 12.1 Å². The molecule has 188 valence electrons. The Balaban J connectivity index is 1.22. The van der Waals surface area contributed by atoms with E-state index in [0.29, 0.717) is 25.1 Å². The topological polar surface area (TPSA) is 96.9 Å². The minimum Gasteiger partial charge on any atom is -0.457 e. The Morgan fingerprint density at radius 2 is 1.72 bits per heavy atom. The molecule has 3 aromatic carbocycles. The van der Waals surface area contributed by atoms with Crippen molar-refractivity contribution in [1.82, 2.24) is 10.6 Å². The molecule has 4 rings (SSSR count). The number of hydrogen-bond acceptors (Lipinski definition) is 5. The zero-order chi connectivity index (χ0) is 25.3. The lowest BCUT2D eigenvalue weighted by Gasteiger charge is -2.36. The lowest BCUT2D eigenvalue weighted by molar-refractivity contribution is -0.131. The Morgan fingerprint density at radius 1 is 0.972 bits per heavy atom. The summed E-state index contributed by atoms with van der Waals surface area (Å²) >= 11 is 0. The van der Waals surface area contributed by atoms with Gasteiger partial charge in [-0.2, -0.15) is 0 Å². The molecular formula is C28H29FN2O5. The van der Waals surface area contributed by atoms with Gasteiger partial charge in [-0.1, -0.05) is 36.4 Å². The minimum absolute atomic E-state index is 0.149. The van der Waals surface area contributed by atoms with Crippen molar-refractivity contribution in [2.75, 3.05) is 6.61 Å². The number of carbonyl (C=O) groups is 2. The van der Waals surface area contributed by atoms with Crippen LogP contribution in [0.5, 0.6) is 11.5 Å². The number of ether oxygens (including phenoxy) is 2. The third kappa shape index (κ3) is 7.13. The molecule has 3 N–H and O–H groups in total. The van der Waals surface area contributed by atoms with Gasteiger partial charge < -0.3 is 25.2 Å². The predicted octanol–water partition coefficient (Wildman–Crippen LogP) is 3.96. The molecule has 8 heteroatoms. The highest BCUT2D eigenvalue weighted by Crippen LogP contribution is 2.23. The van der Waals surface area contributed by atoms with Crippen LogP contribution >= 0.6 is 0 Å². The van der Waals surface area contributed by atoms with Crippen LogP contribution < -0.4 is 15.4 Å². The quantitative estimate of drug-likeness (QED) is 0.420. The van der Waals surface area contributed by atoms with Crippen LogP contribution in [0.1, 0.15) is 35.2 Å². The van der Waals surface area contributed by atoms with E-state index in [1.807, 2.05) is 54.6 Å². The molecule has 0 radical (unpaired) electrons. The second kappa shape index (κ2) is 12.3. The van der Waals surface area contributed by atoms with Crippen molar-refractivity contribution < 1.29 is 28.6 Å². The van der Waals surface area contributed by atoms with E-state index in [1.54, 1.807) is 0 Å². The second-order valence-electron chi connectivity index (χ2n) is 8.69. The molecule has 0 unspecified atom stereocenters. The van der Waals surface area contributed by atoms with Crippen LogP contribution in [0.4, 0.5) is 4.39 Å². The average molecular weight is 493 g/mol. The number of hydrogen-bond donors (Lipinski definition) is 3. The first-order valence-electron chi connectivity index (χ1n) is 11.9. The van der Waals surface area contributed by atoms with Crippen LogP contribution in [0.2, 0.25) is 0 Å². The van der Waals surface area contributed by atoms with Crippen molar-refractivity contribution in [2.24, 2.45) is 0 Å². The summed E-state index contributed by atoms with van der Waals surface area (Å²) in [6.07, 6.45) is 0.213. The van der Waals surface area contributed by atoms with E-state index < -0.39 is 23.9 Å². The third-order valence-electron chi connectivity index (χ3n) is 6.00. The molecule has 0 bridgehead atoms. The number of amides is 2. The van der Waals surface area contributed by atoms with Crippen molar-refractivity contribution in [3.05, 3.63) is 95.8 Å². The standard InChI is InChI=1S/C28H29FN2O5/c29-21-6-4-5-20(15-21)28(34)31-25-14-13-24(36-26(25)18-32)16-27(33)30-17-19-9-11-23(12-10-19)35-22-7-2-1-3-8-22/h1-12,15,24-26,32H,13-14,16-18H2,(H,30,33)(H,31,34)/t24-,25+,26-/m1/s1. The van der Waals surface area contributed by atoms with Crippen LogP contribution in [0.3, 0.4) is 0 Å². The third-order valence-corrected chi connectivity index (χ3v) is 6.00. The fourth-order valence-electron chi connectivity index (χ4n) is 4.11. The predicted molar refractivity (Wildman–Crippen MR) is 132 cm³/mol. The van der Waals surface area contributed by atoms with Crippen molar-refractivity contribution in [3.63, 3.8) is 0 Å². The maximum Gasteiger partial charge on any atom is 0.251 e. The smallest absolute Gasteiger partial charge is 0.251 e. The van der Waals surface area contributed by atoms with E-state index in [9.17, 15) is 19.1 Å². The molecule has 1 saturated heterocycles. The van der Waals surface area contributed by atoms with Gasteiger partial charge in [-0.05, 0) is 60.9 Å². The molecule has 36 heavy (non-hydrogen) atoms. The first kappa shape index (κ1) is 25.3. The highest BCUT2D eigenvalue weighted by Gasteiger charge is 2.33. The first-order chi connectivity index (χ1) is 17.5. The SMILES string of the molecule is O=C(C[C@H]1CC[C@H](NC(=O)c2cccc(F)c2)[C@@H](CO)O1)NCc1ccc(Oc2ccccc2)cc1. The molecule has 2 amide bonds. The van der Waals surface area contributed by atoms with Gasteiger partial charge in [-0.3, -0.25) is 9.59 Å². The van der Waals surface area contributed by atoms with E-state index in [0.717, 1.165) is 17.4 Å². The Labute approximate surface area is 209 Å². The van der Waals surface area contributed by atoms with Gasteiger partial charge >= 0.3 is 0 Å². The van der Waals surface area contributed by atoms with Crippen molar-refractivity contribution in [3.8, 4) is 11.5 Å². The van der Waals surface area contributed by atoms with E-state index in [1.165, 1.54) is 18.2 Å². The van der Waals surface area contributed by atoms with Crippen LogP contribution in [0.15, 0.2) is 78.9 Å². The fraction of sp³-hybridized carbons (Fsp3) is 0.286. The van der Waals surface area contributed by atoms with E-state index in [-0.39, 0.29) is 30.6 Å². The number of aliphatic hydroxyl groups is 1. The highest BCUT2D eigenvalue weighted by atomic mass is 19.1. The largest absolute Gasteiger partial charge is 0.457 e. The van der Waals surface area contributed by atoms with Crippen molar-refractivity contribution >= 4 is 11.8 Å². The molecule has 0 spiro atoms. The highest BCUT2D eigenvalue weighted by molar-refractivity contribution is 5.94. The van der Waals surface area contributed by atoms with Crippen molar-refractivity contribution in [1.29, 1.82) is 0 Å². The maximum absolute atomic E-state index is 13.4. The molecule has 1 aliphatic rings. The average Bonchev–Trinajstić information content (AvgIpc) is 2.89. The Morgan fingerprint density at radius 3 is 2.44 bits per heavy atom. The number of para-hydroxylation sites is 1. The molecule has 1 fully saturated rings. The molecule has 0 aromatic heterocycles. The molecular weight excluding hydrogens is 463 g/mol. The minimum atomic E-state index is -0.647. The van der Waals surface area contributed by atoms with Gasteiger partial charge in [0.25, 0.3) is 5.91 Å². The summed E-state index contributed by atoms with van der Waals surface area (Å²) in [6, 6.07) is 22.0. The number of rotatable bonds is 9. The summed E-state index contributed by atoms with van der Waals surface area (Å²) in [7, 11) is 0. The summed E-state index contributed by atoms with van der Waals surface area (Å²) in [5, 5.41) is 15.5. The Hall–Kier alpha value is -3.75. The van der Waals surface area contributed by atoms with Crippen LogP contribution in [-0.2, 0) is 16.1 Å². The molecule has 3 atom stereocenters. The number of halogens is 1. The monoisotopic (exact) mass is 492 g/mol. The summed E-state index contributed by atoms with van der Waals surface area (Å²) < 4.78 is 25.1. The molecule has 7 nitrogen and oxygen atoms in total. The first-order valence-corrected chi connectivity index (χ1v) is 11.9. The molecule has 0 aliphatic carbocycles. The van der Waals surface area contributed by atoms with Gasteiger partial charge in [0.15, 0.2) is 0 Å². The van der Waals surface area contributed by atoms with E-state index in [4.69, 9.17) is 9.47 Å². The normalized spacial score (nSPS) is 19.3. The zero-order valence-corrected chi connectivity index (χ0v) is 19.7. The number of aliphatic hydroxyl groups excluding tert-OH is 1.